The van der Waals surface area contributed by atoms with Crippen LogP contribution in [-0.4, -0.2) is 16.8 Å². The van der Waals surface area contributed by atoms with Gasteiger partial charge in [-0.2, -0.15) is 5.10 Å². The van der Waals surface area contributed by atoms with E-state index < -0.39 is 11.8 Å². The van der Waals surface area contributed by atoms with Gasteiger partial charge in [-0.1, -0.05) is 27.5 Å². The van der Waals surface area contributed by atoms with Crippen LogP contribution in [0.3, 0.4) is 0 Å². The molecule has 0 saturated heterocycles. The number of carboxylic acids is 1. The van der Waals surface area contributed by atoms with Gasteiger partial charge in [0.1, 0.15) is 5.82 Å². The predicted molar refractivity (Wildman–Crippen MR) is 83.3 cm³/mol. The fourth-order valence-electron chi connectivity index (χ4n) is 1.52. The van der Waals surface area contributed by atoms with E-state index in [9.17, 15) is 14.3 Å². The molecule has 0 aliphatic heterocycles. The molecule has 0 aliphatic rings. The fourth-order valence-corrected chi connectivity index (χ4v) is 1.97. The summed E-state index contributed by atoms with van der Waals surface area (Å²) in [6.45, 7) is 0. The summed E-state index contributed by atoms with van der Waals surface area (Å²) in [5, 5.41) is 12.9. The average molecular weight is 372 g/mol. The van der Waals surface area contributed by atoms with Crippen molar-refractivity contribution in [3.05, 3.63) is 63.3 Å². The van der Waals surface area contributed by atoms with Gasteiger partial charge < -0.3 is 5.11 Å². The van der Waals surface area contributed by atoms with Crippen molar-refractivity contribution in [2.24, 2.45) is 5.10 Å². The van der Waals surface area contributed by atoms with E-state index in [1.165, 1.54) is 12.1 Å². The van der Waals surface area contributed by atoms with Gasteiger partial charge in [0.25, 0.3) is 0 Å². The maximum Gasteiger partial charge on any atom is 0.356 e. The van der Waals surface area contributed by atoms with Crippen molar-refractivity contribution >= 4 is 44.9 Å². The van der Waals surface area contributed by atoms with Gasteiger partial charge in [0, 0.05) is 10.0 Å². The number of rotatable bonds is 4. The van der Waals surface area contributed by atoms with Crippen LogP contribution >= 0.6 is 27.5 Å². The number of carboxylic acid groups (broad SMARTS) is 1. The molecule has 21 heavy (non-hydrogen) atoms. The Kier molecular flexibility index (Phi) is 4.93. The molecule has 0 spiro atoms. The zero-order chi connectivity index (χ0) is 15.4. The van der Waals surface area contributed by atoms with Crippen molar-refractivity contribution in [1.29, 1.82) is 0 Å². The smallest absolute Gasteiger partial charge is 0.356 e. The highest BCUT2D eigenvalue weighted by molar-refractivity contribution is 9.10. The number of anilines is 1. The molecule has 0 unspecified atom stereocenters. The number of benzene rings is 2. The maximum atomic E-state index is 13.1. The van der Waals surface area contributed by atoms with Gasteiger partial charge in [0.15, 0.2) is 5.71 Å². The lowest BCUT2D eigenvalue weighted by Gasteiger charge is -2.05. The van der Waals surface area contributed by atoms with Gasteiger partial charge in [0.05, 0.1) is 10.7 Å². The van der Waals surface area contributed by atoms with Crippen molar-refractivity contribution < 1.29 is 14.3 Å². The van der Waals surface area contributed by atoms with Crippen LogP contribution in [0.5, 0.6) is 0 Å². The Bertz CT molecular complexity index is 705. The Morgan fingerprint density at radius 3 is 2.48 bits per heavy atom. The molecule has 0 heterocycles. The first-order chi connectivity index (χ1) is 9.97. The Hall–Kier alpha value is -1.92. The van der Waals surface area contributed by atoms with Crippen LogP contribution in [0.4, 0.5) is 10.1 Å². The Labute approximate surface area is 133 Å². The molecule has 0 radical (unpaired) electrons. The fraction of sp³-hybridized carbons (Fsp3) is 0. The predicted octanol–water partition coefficient (Wildman–Crippen LogP) is 4.14. The summed E-state index contributed by atoms with van der Waals surface area (Å²) in [5.74, 6) is -1.87. The van der Waals surface area contributed by atoms with Crippen molar-refractivity contribution in [1.82, 2.24) is 0 Å². The molecule has 7 heteroatoms. The first-order valence-electron chi connectivity index (χ1n) is 5.75. The number of hydrazone groups is 1. The molecule has 2 aromatic carbocycles. The monoisotopic (exact) mass is 370 g/mol. The lowest BCUT2D eigenvalue weighted by atomic mass is 10.1. The van der Waals surface area contributed by atoms with E-state index in [-0.39, 0.29) is 16.3 Å². The second-order valence-corrected chi connectivity index (χ2v) is 5.34. The summed E-state index contributed by atoms with van der Waals surface area (Å²) in [6, 6.07) is 10.6. The van der Waals surface area contributed by atoms with Crippen LogP contribution in [0.1, 0.15) is 5.56 Å². The van der Waals surface area contributed by atoms with E-state index in [1.807, 2.05) is 0 Å². The quantitative estimate of drug-likeness (QED) is 0.627. The minimum Gasteiger partial charge on any atom is -0.476 e. The molecular formula is C14H9BrClFN2O2. The van der Waals surface area contributed by atoms with E-state index in [1.54, 1.807) is 24.3 Å². The number of halogens is 3. The first-order valence-corrected chi connectivity index (χ1v) is 6.92. The molecule has 0 aromatic heterocycles. The molecule has 2 aromatic rings. The molecule has 2 rings (SSSR count). The Morgan fingerprint density at radius 2 is 1.90 bits per heavy atom. The highest BCUT2D eigenvalue weighted by atomic mass is 79.9. The van der Waals surface area contributed by atoms with Gasteiger partial charge in [-0.25, -0.2) is 9.18 Å². The molecule has 0 saturated carbocycles. The Morgan fingerprint density at radius 1 is 1.24 bits per heavy atom. The highest BCUT2D eigenvalue weighted by Crippen LogP contribution is 2.18. The zero-order valence-corrected chi connectivity index (χ0v) is 12.8. The van der Waals surface area contributed by atoms with Crippen LogP contribution < -0.4 is 5.43 Å². The van der Waals surface area contributed by atoms with Crippen LogP contribution in [0.2, 0.25) is 5.02 Å². The highest BCUT2D eigenvalue weighted by Gasteiger charge is 2.14. The summed E-state index contributed by atoms with van der Waals surface area (Å²) in [7, 11) is 0. The average Bonchev–Trinajstić information content (AvgIpc) is 2.44. The molecule has 2 N–H and O–H groups in total. The molecule has 0 amide bonds. The second kappa shape index (κ2) is 6.69. The lowest BCUT2D eigenvalue weighted by Crippen LogP contribution is -2.16. The number of carbonyl (C=O) groups is 1. The molecular weight excluding hydrogens is 363 g/mol. The first kappa shape index (κ1) is 15.5. The number of nitrogens with zero attached hydrogens (tertiary/aromatic N) is 1. The minimum absolute atomic E-state index is 0.162. The van der Waals surface area contributed by atoms with Gasteiger partial charge >= 0.3 is 5.97 Å². The van der Waals surface area contributed by atoms with Crippen LogP contribution in [0.15, 0.2) is 52.0 Å². The summed E-state index contributed by atoms with van der Waals surface area (Å²) >= 11 is 8.94. The third kappa shape index (κ3) is 4.03. The SMILES string of the molecule is O=C(O)/C(=N/Nc1ccc(Br)cc1)c1ccc(F)c(Cl)c1. The van der Waals surface area contributed by atoms with E-state index in [0.29, 0.717) is 5.69 Å². The largest absolute Gasteiger partial charge is 0.476 e. The zero-order valence-electron chi connectivity index (χ0n) is 10.5. The number of aliphatic carboxylic acids is 1. The molecule has 0 bridgehead atoms. The molecule has 4 nitrogen and oxygen atoms in total. The van der Waals surface area contributed by atoms with Crippen molar-refractivity contribution in [3.63, 3.8) is 0 Å². The van der Waals surface area contributed by atoms with E-state index in [0.717, 1.165) is 10.5 Å². The minimum atomic E-state index is -1.25. The third-order valence-electron chi connectivity index (χ3n) is 2.54. The summed E-state index contributed by atoms with van der Waals surface area (Å²) in [6.07, 6.45) is 0. The van der Waals surface area contributed by atoms with Crippen LogP contribution in [-0.2, 0) is 4.79 Å². The maximum absolute atomic E-state index is 13.1. The molecule has 0 atom stereocenters. The van der Waals surface area contributed by atoms with E-state index >= 15 is 0 Å². The Balaban J connectivity index is 2.29. The van der Waals surface area contributed by atoms with Crippen molar-refractivity contribution in [3.8, 4) is 0 Å². The van der Waals surface area contributed by atoms with E-state index in [2.05, 4.69) is 26.5 Å². The van der Waals surface area contributed by atoms with Crippen molar-refractivity contribution in [2.45, 2.75) is 0 Å². The molecule has 108 valence electrons. The van der Waals surface area contributed by atoms with Gasteiger partial charge in [-0.05, 0) is 42.5 Å². The van der Waals surface area contributed by atoms with Crippen molar-refractivity contribution in [2.75, 3.05) is 5.43 Å². The summed E-state index contributed by atoms with van der Waals surface area (Å²) in [4.78, 5) is 11.3. The number of nitrogens with one attached hydrogen (secondary N) is 1. The number of hydrogen-bond acceptors (Lipinski definition) is 3. The lowest BCUT2D eigenvalue weighted by molar-refractivity contribution is -0.129. The van der Waals surface area contributed by atoms with Crippen LogP contribution in [0, 0.1) is 5.82 Å². The van der Waals surface area contributed by atoms with Crippen LogP contribution in [0.25, 0.3) is 0 Å². The number of hydrogen-bond donors (Lipinski definition) is 2. The summed E-state index contributed by atoms with van der Waals surface area (Å²) < 4.78 is 14.0. The second-order valence-electron chi connectivity index (χ2n) is 4.01. The van der Waals surface area contributed by atoms with Gasteiger partial charge in [-0.15, -0.1) is 0 Å². The molecule has 0 aliphatic carbocycles. The topological polar surface area (TPSA) is 61.7 Å². The van der Waals surface area contributed by atoms with E-state index in [4.69, 9.17) is 11.6 Å². The molecule has 0 fully saturated rings. The normalized spacial score (nSPS) is 11.3. The van der Waals surface area contributed by atoms with Gasteiger partial charge in [-0.3, -0.25) is 5.43 Å². The third-order valence-corrected chi connectivity index (χ3v) is 3.35. The van der Waals surface area contributed by atoms with Gasteiger partial charge in [0.2, 0.25) is 0 Å². The summed E-state index contributed by atoms with van der Waals surface area (Å²) in [5.41, 5.74) is 3.19. The standard InChI is InChI=1S/C14H9BrClFN2O2/c15-9-2-4-10(5-3-9)18-19-13(14(20)21)8-1-6-12(17)11(16)7-8/h1-7,18H,(H,20,21)/b19-13+.